The molecule has 0 amide bonds. The smallest absolute Gasteiger partial charge is 0.338 e. The third-order valence-corrected chi connectivity index (χ3v) is 5.65. The number of aromatic nitrogens is 1. The van der Waals surface area contributed by atoms with E-state index in [0.29, 0.717) is 29.1 Å². The third kappa shape index (κ3) is 7.14. The van der Waals surface area contributed by atoms with Crippen LogP contribution in [0.25, 0.3) is 0 Å². The predicted molar refractivity (Wildman–Crippen MR) is 116 cm³/mol. The van der Waals surface area contributed by atoms with Gasteiger partial charge in [0, 0.05) is 29.4 Å². The summed E-state index contributed by atoms with van der Waals surface area (Å²) < 4.78 is 32.0. The highest BCUT2D eigenvalue weighted by molar-refractivity contribution is 9.11. The second kappa shape index (κ2) is 10.2. The van der Waals surface area contributed by atoms with Crippen LogP contribution in [-0.4, -0.2) is 47.9 Å². The maximum atomic E-state index is 11.7. The minimum absolute atomic E-state index is 0.0484. The first-order valence-corrected chi connectivity index (χ1v) is 11.6. The second-order valence-electron chi connectivity index (χ2n) is 5.88. The lowest BCUT2D eigenvalue weighted by Crippen LogP contribution is -2.25. The number of hydrogen-bond acceptors (Lipinski definition) is 7. The van der Waals surface area contributed by atoms with Gasteiger partial charge in [-0.3, -0.25) is 4.55 Å². The fourth-order valence-electron chi connectivity index (χ4n) is 2.47. The van der Waals surface area contributed by atoms with Crippen LogP contribution in [0.3, 0.4) is 0 Å². The number of nitrogens with zero attached hydrogens (tertiary/aromatic N) is 4. The number of rotatable bonds is 9. The first-order chi connectivity index (χ1) is 13.6. The monoisotopic (exact) mass is 548 g/mol. The molecule has 29 heavy (non-hydrogen) atoms. The van der Waals surface area contributed by atoms with Crippen molar-refractivity contribution in [3.63, 3.8) is 0 Å². The van der Waals surface area contributed by atoms with Gasteiger partial charge in [-0.15, -0.1) is 10.2 Å². The normalized spacial score (nSPS) is 11.7. The zero-order chi connectivity index (χ0) is 21.6. The van der Waals surface area contributed by atoms with E-state index in [2.05, 4.69) is 47.1 Å². The summed E-state index contributed by atoms with van der Waals surface area (Å²) in [7, 11) is -4.04. The largest absolute Gasteiger partial charge is 0.478 e. The topological polar surface area (TPSA) is 133 Å². The molecule has 0 radical (unpaired) electrons. The van der Waals surface area contributed by atoms with E-state index >= 15 is 0 Å². The summed E-state index contributed by atoms with van der Waals surface area (Å²) >= 11 is 6.60. The number of aromatic carboxylic acids is 1. The molecule has 9 nitrogen and oxygen atoms in total. The van der Waals surface area contributed by atoms with Gasteiger partial charge in [0.1, 0.15) is 5.69 Å². The summed E-state index contributed by atoms with van der Waals surface area (Å²) in [5.41, 5.74) is 0.710. The van der Waals surface area contributed by atoms with Crippen molar-refractivity contribution in [3.05, 3.63) is 45.0 Å². The SMILES string of the molecule is CCN(CCCS(=O)(=O)O)c1ccc(N=Nc2ncc(Br)cc2Br)c(C(=O)O)c1. The van der Waals surface area contributed by atoms with Gasteiger partial charge in [-0.1, -0.05) is 0 Å². The molecule has 1 heterocycles. The van der Waals surface area contributed by atoms with E-state index in [-0.39, 0.29) is 23.4 Å². The Morgan fingerprint density at radius 2 is 1.97 bits per heavy atom. The van der Waals surface area contributed by atoms with Crippen molar-refractivity contribution in [2.45, 2.75) is 13.3 Å². The molecule has 0 saturated carbocycles. The minimum atomic E-state index is -4.04. The molecule has 0 aliphatic heterocycles. The van der Waals surface area contributed by atoms with Gasteiger partial charge < -0.3 is 10.0 Å². The van der Waals surface area contributed by atoms with Gasteiger partial charge in [0.25, 0.3) is 10.1 Å². The van der Waals surface area contributed by atoms with E-state index in [1.165, 1.54) is 12.1 Å². The Hall–Kier alpha value is -1.89. The lowest BCUT2D eigenvalue weighted by Gasteiger charge is -2.23. The quantitative estimate of drug-likeness (QED) is 0.338. The molecule has 0 bridgehead atoms. The average Bonchev–Trinajstić information content (AvgIpc) is 2.63. The highest BCUT2D eigenvalue weighted by atomic mass is 79.9. The van der Waals surface area contributed by atoms with E-state index in [9.17, 15) is 18.3 Å². The van der Waals surface area contributed by atoms with Crippen LogP contribution in [-0.2, 0) is 10.1 Å². The molecule has 12 heteroatoms. The minimum Gasteiger partial charge on any atom is -0.478 e. The molecular weight excluding hydrogens is 532 g/mol. The summed E-state index contributed by atoms with van der Waals surface area (Å²) in [6, 6.07) is 6.41. The van der Waals surface area contributed by atoms with Crippen LogP contribution >= 0.6 is 31.9 Å². The number of anilines is 1. The molecule has 1 aromatic carbocycles. The van der Waals surface area contributed by atoms with Gasteiger partial charge in [0.05, 0.1) is 15.8 Å². The van der Waals surface area contributed by atoms with E-state index in [4.69, 9.17) is 4.55 Å². The van der Waals surface area contributed by atoms with Gasteiger partial charge in [0.15, 0.2) is 5.82 Å². The molecule has 0 aliphatic rings. The second-order valence-corrected chi connectivity index (χ2v) is 9.23. The maximum absolute atomic E-state index is 11.7. The van der Waals surface area contributed by atoms with Crippen molar-refractivity contribution in [2.24, 2.45) is 10.2 Å². The van der Waals surface area contributed by atoms with Crippen molar-refractivity contribution in [3.8, 4) is 0 Å². The molecule has 1 aromatic heterocycles. The lowest BCUT2D eigenvalue weighted by atomic mass is 10.1. The molecule has 2 aromatic rings. The summed E-state index contributed by atoms with van der Waals surface area (Å²) in [5.74, 6) is -1.23. The van der Waals surface area contributed by atoms with Crippen molar-refractivity contribution < 1.29 is 22.9 Å². The van der Waals surface area contributed by atoms with Crippen LogP contribution in [0.4, 0.5) is 17.2 Å². The number of carbonyl (C=O) groups is 1. The number of pyridine rings is 1. The van der Waals surface area contributed by atoms with Crippen LogP contribution in [0, 0.1) is 0 Å². The van der Waals surface area contributed by atoms with Crippen molar-refractivity contribution in [1.82, 2.24) is 4.98 Å². The van der Waals surface area contributed by atoms with Crippen LogP contribution in [0.2, 0.25) is 0 Å². The van der Waals surface area contributed by atoms with Crippen LogP contribution in [0.5, 0.6) is 0 Å². The number of carboxylic acids is 1. The highest BCUT2D eigenvalue weighted by Gasteiger charge is 2.15. The fourth-order valence-corrected chi connectivity index (χ4v) is 4.03. The number of benzene rings is 1. The van der Waals surface area contributed by atoms with E-state index < -0.39 is 16.1 Å². The first-order valence-electron chi connectivity index (χ1n) is 8.41. The number of hydrogen-bond donors (Lipinski definition) is 2. The third-order valence-electron chi connectivity index (χ3n) is 3.83. The molecule has 0 saturated heterocycles. The predicted octanol–water partition coefficient (Wildman–Crippen LogP) is 4.82. The van der Waals surface area contributed by atoms with Crippen molar-refractivity contribution in [1.29, 1.82) is 0 Å². The number of halogens is 2. The van der Waals surface area contributed by atoms with Crippen LogP contribution < -0.4 is 4.90 Å². The summed E-state index contributed by atoms with van der Waals surface area (Å²) in [4.78, 5) is 17.6. The molecule has 2 N–H and O–H groups in total. The average molecular weight is 550 g/mol. The summed E-state index contributed by atoms with van der Waals surface area (Å²) in [6.45, 7) is 2.73. The zero-order valence-electron chi connectivity index (χ0n) is 15.3. The molecule has 0 unspecified atom stereocenters. The van der Waals surface area contributed by atoms with Gasteiger partial charge >= 0.3 is 5.97 Å². The number of azo groups is 1. The molecule has 0 spiro atoms. The Bertz CT molecular complexity index is 1030. The van der Waals surface area contributed by atoms with E-state index in [0.717, 1.165) is 4.47 Å². The Balaban J connectivity index is 2.27. The number of carboxylic acid groups (broad SMARTS) is 1. The lowest BCUT2D eigenvalue weighted by molar-refractivity contribution is 0.0697. The Morgan fingerprint density at radius 1 is 1.24 bits per heavy atom. The summed E-state index contributed by atoms with van der Waals surface area (Å²) in [6.07, 6.45) is 1.76. The van der Waals surface area contributed by atoms with Gasteiger partial charge in [-0.25, -0.2) is 9.78 Å². The molecule has 156 valence electrons. The summed E-state index contributed by atoms with van der Waals surface area (Å²) in [5, 5.41) is 17.6. The Morgan fingerprint density at radius 3 is 2.55 bits per heavy atom. The first kappa shape index (κ1) is 23.4. The Labute approximate surface area is 184 Å². The molecule has 0 aliphatic carbocycles. The van der Waals surface area contributed by atoms with E-state index in [1.54, 1.807) is 18.3 Å². The molecule has 0 fully saturated rings. The Kier molecular flexibility index (Phi) is 8.25. The van der Waals surface area contributed by atoms with Crippen molar-refractivity contribution >= 4 is 65.1 Å². The van der Waals surface area contributed by atoms with Crippen LogP contribution in [0.1, 0.15) is 23.7 Å². The highest BCUT2D eigenvalue weighted by Crippen LogP contribution is 2.30. The van der Waals surface area contributed by atoms with Crippen molar-refractivity contribution in [2.75, 3.05) is 23.7 Å². The fraction of sp³-hybridized carbons (Fsp3) is 0.294. The zero-order valence-corrected chi connectivity index (χ0v) is 19.3. The molecular formula is C17H18Br2N4O5S. The van der Waals surface area contributed by atoms with Gasteiger partial charge in [-0.2, -0.15) is 8.42 Å². The molecule has 2 rings (SSSR count). The van der Waals surface area contributed by atoms with E-state index in [1.807, 2.05) is 11.8 Å². The van der Waals surface area contributed by atoms with Gasteiger partial charge in [0.2, 0.25) is 0 Å². The van der Waals surface area contributed by atoms with Gasteiger partial charge in [-0.05, 0) is 69.5 Å². The molecule has 0 atom stereocenters. The standard InChI is InChI=1S/C17H18Br2N4O5S/c1-2-23(6-3-7-29(26,27)28)12-4-5-15(13(9-12)17(24)25)21-22-16-14(19)8-11(18)10-20-16/h4-5,8-10H,2-3,6-7H2,1H3,(H,24,25)(H,26,27,28). The van der Waals surface area contributed by atoms with Crippen LogP contribution in [0.15, 0.2) is 49.6 Å². The maximum Gasteiger partial charge on any atom is 0.338 e.